The highest BCUT2D eigenvalue weighted by molar-refractivity contribution is 6.31. The number of anilines is 1. The summed E-state index contributed by atoms with van der Waals surface area (Å²) in [6.45, 7) is 8.25. The van der Waals surface area contributed by atoms with E-state index in [0.717, 1.165) is 15.4 Å². The SMILES string of the molecule is C=C1C[C@H](O[C@H]2C[C@](O)(C(=O)COC(=O)N(C)CCN(C)C(=O)OCc3ccc(NC(=O)[C@@H](CCCNC(N)=O)NC(=O)[C@H](NC(=O)CCCCCN4C(=O)C=CC4=O)C(C)C)cc3)Cc3c(O)c4c(c(O)c32)C(=O)c2c(OC)cccc2C4=O)O[C@@H](C)C1. The molecule has 0 bridgehead atoms. The molecule has 0 aromatic heterocycles. The minimum absolute atomic E-state index is 0.0561. The Morgan fingerprint density at radius 3 is 2.13 bits per heavy atom. The number of benzene rings is 3. The second-order valence-electron chi connectivity index (χ2n) is 22.8. The predicted molar refractivity (Wildman–Crippen MR) is 316 cm³/mol. The summed E-state index contributed by atoms with van der Waals surface area (Å²) in [7, 11) is 4.07. The molecule has 2 aliphatic carbocycles. The lowest BCUT2D eigenvalue weighted by molar-refractivity contribution is -0.214. The Hall–Kier alpha value is -9.21. The van der Waals surface area contributed by atoms with Crippen molar-refractivity contribution in [3.63, 3.8) is 0 Å². The second kappa shape index (κ2) is 29.7. The van der Waals surface area contributed by atoms with Crippen LogP contribution in [0, 0.1) is 5.92 Å². The number of phenolic OH excluding ortho intramolecular Hbond substituents is 2. The van der Waals surface area contributed by atoms with E-state index < -0.39 is 125 Å². The van der Waals surface area contributed by atoms with E-state index >= 15 is 0 Å². The molecule has 3 aromatic rings. The molecular formula is C62H76N8O19. The number of aromatic hydroxyl groups is 2. The average Bonchev–Trinajstić information content (AvgIpc) is 1.48. The Bertz CT molecular complexity index is 3290. The molecular weight excluding hydrogens is 1160 g/mol. The molecule has 9 N–H and O–H groups in total. The van der Waals surface area contributed by atoms with Crippen LogP contribution in [-0.2, 0) is 60.7 Å². The van der Waals surface area contributed by atoms with Crippen LogP contribution < -0.4 is 31.7 Å². The maximum atomic E-state index is 14.1. The van der Waals surface area contributed by atoms with Gasteiger partial charge in [0, 0.05) is 100 Å². The molecule has 2 aliphatic heterocycles. The highest BCUT2D eigenvalue weighted by Gasteiger charge is 2.50. The van der Waals surface area contributed by atoms with Gasteiger partial charge in [-0.2, -0.15) is 0 Å². The van der Waals surface area contributed by atoms with E-state index in [1.807, 2.05) is 0 Å². The summed E-state index contributed by atoms with van der Waals surface area (Å²) in [6.07, 6.45) is -0.829. The van der Waals surface area contributed by atoms with E-state index in [4.69, 9.17) is 29.4 Å². The number of ketones is 3. The number of amides is 9. The van der Waals surface area contributed by atoms with Crippen LogP contribution >= 0.6 is 0 Å². The molecule has 2 heterocycles. The molecule has 6 atom stereocenters. The number of methoxy groups -OCH3 is 1. The smallest absolute Gasteiger partial charge is 0.409 e. The number of rotatable bonds is 27. The fourth-order valence-electron chi connectivity index (χ4n) is 10.8. The van der Waals surface area contributed by atoms with E-state index in [0.29, 0.717) is 36.9 Å². The van der Waals surface area contributed by atoms with Gasteiger partial charge in [0.1, 0.15) is 41.5 Å². The molecule has 3 aromatic carbocycles. The van der Waals surface area contributed by atoms with Crippen molar-refractivity contribution in [3.05, 3.63) is 106 Å². The molecule has 1 saturated heterocycles. The van der Waals surface area contributed by atoms with Gasteiger partial charge in [0.2, 0.25) is 29.3 Å². The summed E-state index contributed by atoms with van der Waals surface area (Å²) in [6, 6.07) is 7.68. The number of ether oxygens (including phenoxy) is 5. The lowest BCUT2D eigenvalue weighted by Gasteiger charge is -2.41. The largest absolute Gasteiger partial charge is 0.507 e. The normalized spacial score (nSPS) is 19.1. The van der Waals surface area contributed by atoms with Gasteiger partial charge >= 0.3 is 18.2 Å². The zero-order valence-electron chi connectivity index (χ0n) is 50.5. The van der Waals surface area contributed by atoms with Gasteiger partial charge in [-0.25, -0.2) is 14.4 Å². The molecule has 27 heteroatoms. The van der Waals surface area contributed by atoms with Crippen LogP contribution in [0.4, 0.5) is 20.1 Å². The molecule has 89 heavy (non-hydrogen) atoms. The number of nitrogens with one attached hydrogen (secondary N) is 4. The number of Topliss-reactive ketones (excluding diaryl/α,β-unsaturated/α-hetero) is 1. The first-order chi connectivity index (χ1) is 42.2. The first kappa shape index (κ1) is 67.3. The first-order valence-electron chi connectivity index (χ1n) is 29.1. The fraction of sp³-hybridized carbons (Fsp3) is 0.468. The number of nitrogens with zero attached hydrogens (tertiary/aromatic N) is 3. The number of phenols is 2. The third-order valence-electron chi connectivity index (χ3n) is 15.7. The van der Waals surface area contributed by atoms with Crippen molar-refractivity contribution >= 4 is 70.8 Å². The standard InChI is InChI=1S/C62H76N8O19/c1-33(2)52(67-44(72)16-9-8-10-24-70-45(73)21-22-46(70)74)58(80)66-40(14-12-23-64-59(63)81)57(79)65-37-19-17-36(18-20-37)31-86-60(82)68(5)25-26-69(6)61(83)87-32-43(71)62(84)29-39-49(42(30-62)89-47-28-34(3)27-35(4)88-47)56(78)51-50(54(39)76)53(75)38-13-11-15-41(85-7)48(38)55(51)77/h11,13,15,17-22,33,35,40,42,47,52,76,78,84H,3,8-10,12,14,16,23-32H2,1-2,4-7H3,(H,65,79)(H,66,80)(H,67,72)(H3,63,64,81)/t35-,40+,42-,47-,52+,62-/m0/s1. The Balaban J connectivity index is 0.897. The highest BCUT2D eigenvalue weighted by atomic mass is 16.7. The summed E-state index contributed by atoms with van der Waals surface area (Å²) in [5.74, 6) is -6.85. The van der Waals surface area contributed by atoms with Crippen molar-refractivity contribution in [3.8, 4) is 17.2 Å². The minimum atomic E-state index is -2.44. The van der Waals surface area contributed by atoms with Crippen molar-refractivity contribution in [2.75, 3.05) is 59.3 Å². The maximum Gasteiger partial charge on any atom is 0.409 e. The number of fused-ring (bicyclic) bond motifs is 3. The van der Waals surface area contributed by atoms with Crippen molar-refractivity contribution < 1.29 is 91.7 Å². The van der Waals surface area contributed by atoms with Crippen molar-refractivity contribution in [1.29, 1.82) is 0 Å². The quantitative estimate of drug-likeness (QED) is 0.0180. The Morgan fingerprint density at radius 1 is 0.831 bits per heavy atom. The third kappa shape index (κ3) is 16.5. The van der Waals surface area contributed by atoms with Gasteiger partial charge < -0.3 is 75.8 Å². The number of nitrogens with two attached hydrogens (primary N) is 1. The molecule has 0 radical (unpaired) electrons. The molecule has 0 unspecified atom stereocenters. The van der Waals surface area contributed by atoms with E-state index in [2.05, 4.69) is 27.8 Å². The molecule has 4 aliphatic rings. The summed E-state index contributed by atoms with van der Waals surface area (Å²) in [4.78, 5) is 147. The predicted octanol–water partition coefficient (Wildman–Crippen LogP) is 4.10. The van der Waals surface area contributed by atoms with Gasteiger partial charge in [0.25, 0.3) is 11.8 Å². The maximum absolute atomic E-state index is 14.1. The van der Waals surface area contributed by atoms with Crippen LogP contribution in [0.15, 0.2) is 66.8 Å². The van der Waals surface area contributed by atoms with Crippen LogP contribution in [0.2, 0.25) is 0 Å². The van der Waals surface area contributed by atoms with Crippen LogP contribution in [0.5, 0.6) is 17.2 Å². The van der Waals surface area contributed by atoms with Gasteiger partial charge in [-0.15, -0.1) is 0 Å². The second-order valence-corrected chi connectivity index (χ2v) is 22.8. The molecule has 478 valence electrons. The molecule has 27 nitrogen and oxygen atoms in total. The number of hydrogen-bond acceptors (Lipinski definition) is 19. The van der Waals surface area contributed by atoms with Gasteiger partial charge in [-0.1, -0.05) is 56.7 Å². The van der Waals surface area contributed by atoms with Crippen LogP contribution in [0.1, 0.15) is 133 Å². The zero-order chi connectivity index (χ0) is 65.0. The van der Waals surface area contributed by atoms with Crippen molar-refractivity contribution in [2.24, 2.45) is 11.7 Å². The number of imide groups is 1. The van der Waals surface area contributed by atoms with Gasteiger partial charge in [0.15, 0.2) is 18.7 Å². The number of carbonyl (C=O) groups excluding carboxylic acids is 11. The minimum Gasteiger partial charge on any atom is -0.507 e. The molecule has 0 spiro atoms. The first-order valence-corrected chi connectivity index (χ1v) is 29.1. The van der Waals surface area contributed by atoms with Crippen LogP contribution in [0.25, 0.3) is 0 Å². The number of carbonyl (C=O) groups is 11. The molecule has 0 saturated carbocycles. The van der Waals surface area contributed by atoms with E-state index in [9.17, 15) is 68.1 Å². The molecule has 7 rings (SSSR count). The lowest BCUT2D eigenvalue weighted by atomic mass is 9.72. The molecule has 1 fully saturated rings. The van der Waals surface area contributed by atoms with E-state index in [1.54, 1.807) is 45.0 Å². The topological polar surface area (TPSA) is 378 Å². The van der Waals surface area contributed by atoms with Crippen molar-refractivity contribution in [2.45, 2.75) is 128 Å². The van der Waals surface area contributed by atoms with Gasteiger partial charge in [-0.3, -0.25) is 43.3 Å². The summed E-state index contributed by atoms with van der Waals surface area (Å²) >= 11 is 0. The zero-order valence-corrected chi connectivity index (χ0v) is 50.5. The van der Waals surface area contributed by atoms with E-state index in [1.165, 1.54) is 56.5 Å². The van der Waals surface area contributed by atoms with Gasteiger partial charge in [0.05, 0.1) is 36.0 Å². The van der Waals surface area contributed by atoms with E-state index in [-0.39, 0.29) is 110 Å². The average molecular weight is 1240 g/mol. The number of unbranched alkanes of at least 4 members (excludes halogenated alkanes) is 2. The third-order valence-corrected chi connectivity index (χ3v) is 15.7. The monoisotopic (exact) mass is 1240 g/mol. The Kier molecular flexibility index (Phi) is 22.4. The summed E-state index contributed by atoms with van der Waals surface area (Å²) in [5.41, 5.74) is 2.69. The fourth-order valence-corrected chi connectivity index (χ4v) is 10.8. The highest BCUT2D eigenvalue weighted by Crippen LogP contribution is 2.53. The number of likely N-dealkylation sites (N-methyl/N-ethyl adjacent to an activating group) is 2. The number of urea groups is 1. The summed E-state index contributed by atoms with van der Waals surface area (Å²) in [5, 5.41) is 46.6. The lowest BCUT2D eigenvalue weighted by Crippen LogP contribution is -2.54. The number of hydrogen-bond donors (Lipinski definition) is 8. The number of aliphatic hydroxyl groups is 1. The Labute approximate surface area is 513 Å². The van der Waals surface area contributed by atoms with Gasteiger partial charge in [-0.05, 0) is 68.7 Å². The number of primary amides is 1. The summed E-state index contributed by atoms with van der Waals surface area (Å²) < 4.78 is 28.5. The molecule has 9 amide bonds. The Morgan fingerprint density at radius 2 is 1.49 bits per heavy atom. The van der Waals surface area contributed by atoms with Crippen molar-refractivity contribution in [1.82, 2.24) is 30.7 Å². The van der Waals surface area contributed by atoms with Crippen LogP contribution in [-0.4, -0.2) is 179 Å². The van der Waals surface area contributed by atoms with Crippen LogP contribution in [0.3, 0.4) is 0 Å².